The van der Waals surface area contributed by atoms with Crippen LogP contribution in [0.3, 0.4) is 0 Å². The zero-order valence-corrected chi connectivity index (χ0v) is 13.9. The van der Waals surface area contributed by atoms with Crippen molar-refractivity contribution in [3.8, 4) is 0 Å². The lowest BCUT2D eigenvalue weighted by molar-refractivity contribution is 0.102. The van der Waals surface area contributed by atoms with Gasteiger partial charge < -0.3 is 4.42 Å². The van der Waals surface area contributed by atoms with Crippen LogP contribution in [0.4, 0.5) is 0 Å². The molecule has 0 spiro atoms. The van der Waals surface area contributed by atoms with Gasteiger partial charge in [-0.25, -0.2) is 0 Å². The third kappa shape index (κ3) is 4.50. The van der Waals surface area contributed by atoms with Crippen LogP contribution in [0.1, 0.15) is 16.2 Å². The van der Waals surface area contributed by atoms with Crippen LogP contribution < -0.4 is 0 Å². The van der Waals surface area contributed by atoms with Crippen LogP contribution in [-0.4, -0.2) is 28.0 Å². The van der Waals surface area contributed by atoms with E-state index in [1.54, 1.807) is 11.8 Å². The SMILES string of the molecule is CSCc1nnc(SCC(=O)c2ccc(I)cc2)o1. The number of Topliss-reactive ketones (excluding diaryl/α,β-unsaturated/α-hetero) is 1. The van der Waals surface area contributed by atoms with E-state index in [2.05, 4.69) is 32.8 Å². The van der Waals surface area contributed by atoms with Crippen molar-refractivity contribution in [3.05, 3.63) is 39.3 Å². The summed E-state index contributed by atoms with van der Waals surface area (Å²) in [5, 5.41) is 8.24. The molecular weight excluding hydrogens is 395 g/mol. The summed E-state index contributed by atoms with van der Waals surface area (Å²) in [5.41, 5.74) is 0.705. The third-order valence-corrected chi connectivity index (χ3v) is 4.28. The molecule has 0 bridgehead atoms. The van der Waals surface area contributed by atoms with Crippen molar-refractivity contribution < 1.29 is 9.21 Å². The fourth-order valence-corrected chi connectivity index (χ4v) is 2.72. The summed E-state index contributed by atoms with van der Waals surface area (Å²) in [6.07, 6.45) is 1.97. The van der Waals surface area contributed by atoms with Crippen LogP contribution in [0.2, 0.25) is 0 Å². The molecule has 7 heteroatoms. The van der Waals surface area contributed by atoms with Gasteiger partial charge in [0, 0.05) is 9.13 Å². The van der Waals surface area contributed by atoms with Gasteiger partial charge in [-0.1, -0.05) is 23.9 Å². The van der Waals surface area contributed by atoms with E-state index < -0.39 is 0 Å². The highest BCUT2D eigenvalue weighted by atomic mass is 127. The van der Waals surface area contributed by atoms with E-state index in [-0.39, 0.29) is 5.78 Å². The minimum absolute atomic E-state index is 0.0611. The van der Waals surface area contributed by atoms with Crippen molar-refractivity contribution in [2.75, 3.05) is 12.0 Å². The van der Waals surface area contributed by atoms with Crippen LogP contribution in [0.15, 0.2) is 33.9 Å². The minimum Gasteiger partial charge on any atom is -0.415 e. The average molecular weight is 406 g/mol. The van der Waals surface area contributed by atoms with E-state index in [1.807, 2.05) is 30.5 Å². The fraction of sp³-hybridized carbons (Fsp3) is 0.250. The molecule has 0 amide bonds. The quantitative estimate of drug-likeness (QED) is 0.416. The van der Waals surface area contributed by atoms with Crippen LogP contribution in [0, 0.1) is 3.57 Å². The zero-order chi connectivity index (χ0) is 13.7. The van der Waals surface area contributed by atoms with Crippen molar-refractivity contribution in [2.24, 2.45) is 0 Å². The lowest BCUT2D eigenvalue weighted by Crippen LogP contribution is -2.02. The molecule has 0 unspecified atom stereocenters. The maximum atomic E-state index is 11.9. The molecule has 0 aliphatic heterocycles. The number of nitrogens with zero attached hydrogens (tertiary/aromatic N) is 2. The van der Waals surface area contributed by atoms with Gasteiger partial charge in [0.05, 0.1) is 11.5 Å². The molecule has 0 aliphatic carbocycles. The number of ketones is 1. The van der Waals surface area contributed by atoms with Crippen LogP contribution in [-0.2, 0) is 5.75 Å². The molecule has 0 N–H and O–H groups in total. The van der Waals surface area contributed by atoms with Crippen LogP contribution in [0.25, 0.3) is 0 Å². The minimum atomic E-state index is 0.0611. The number of rotatable bonds is 6. The highest BCUT2D eigenvalue weighted by molar-refractivity contribution is 14.1. The topological polar surface area (TPSA) is 56.0 Å². The zero-order valence-electron chi connectivity index (χ0n) is 10.1. The Balaban J connectivity index is 1.90. The summed E-state index contributed by atoms with van der Waals surface area (Å²) in [7, 11) is 0. The molecule has 1 aromatic carbocycles. The van der Waals surface area contributed by atoms with Gasteiger partial charge in [-0.3, -0.25) is 4.79 Å². The van der Waals surface area contributed by atoms with Gasteiger partial charge in [0.1, 0.15) is 0 Å². The lowest BCUT2D eigenvalue weighted by atomic mass is 10.2. The smallest absolute Gasteiger partial charge is 0.277 e. The molecule has 0 atom stereocenters. The van der Waals surface area contributed by atoms with Crippen molar-refractivity contribution in [1.82, 2.24) is 10.2 Å². The molecular formula is C12H11IN2O2S2. The Bertz CT molecular complexity index is 557. The van der Waals surface area contributed by atoms with Gasteiger partial charge in [-0.05, 0) is 41.0 Å². The van der Waals surface area contributed by atoms with E-state index in [9.17, 15) is 4.79 Å². The Morgan fingerprint density at radius 1 is 1.32 bits per heavy atom. The summed E-state index contributed by atoms with van der Waals surface area (Å²) in [6.45, 7) is 0. The van der Waals surface area contributed by atoms with Crippen molar-refractivity contribution in [2.45, 2.75) is 11.0 Å². The third-order valence-electron chi connectivity index (χ3n) is 2.21. The molecule has 0 radical (unpaired) electrons. The maximum absolute atomic E-state index is 11.9. The Hall–Kier alpha value is -0.540. The summed E-state index contributed by atoms with van der Waals surface area (Å²) in [4.78, 5) is 11.9. The van der Waals surface area contributed by atoms with Crippen molar-refractivity contribution in [1.29, 1.82) is 0 Å². The second kappa shape index (κ2) is 7.30. The normalized spacial score (nSPS) is 10.6. The number of carbonyl (C=O) groups is 1. The summed E-state index contributed by atoms with van der Waals surface area (Å²) >= 11 is 5.10. The number of hydrogen-bond donors (Lipinski definition) is 0. The first-order valence-corrected chi connectivity index (χ1v) is 8.87. The number of aromatic nitrogens is 2. The summed E-state index contributed by atoms with van der Waals surface area (Å²) in [6, 6.07) is 7.50. The summed E-state index contributed by atoms with van der Waals surface area (Å²) < 4.78 is 6.51. The molecule has 1 aromatic heterocycles. The Kier molecular flexibility index (Phi) is 5.71. The van der Waals surface area contributed by atoms with Crippen molar-refractivity contribution >= 4 is 51.9 Å². The van der Waals surface area contributed by atoms with E-state index >= 15 is 0 Å². The molecule has 0 fully saturated rings. The molecule has 0 saturated heterocycles. The number of carbonyl (C=O) groups excluding carboxylic acids is 1. The Morgan fingerprint density at radius 3 is 2.74 bits per heavy atom. The van der Waals surface area contributed by atoms with E-state index in [4.69, 9.17) is 4.42 Å². The molecule has 0 aliphatic rings. The first-order chi connectivity index (χ1) is 9.19. The van der Waals surface area contributed by atoms with Gasteiger partial charge >= 0.3 is 0 Å². The van der Waals surface area contributed by atoms with Gasteiger partial charge in [0.25, 0.3) is 5.22 Å². The molecule has 100 valence electrons. The van der Waals surface area contributed by atoms with E-state index in [1.165, 1.54) is 11.8 Å². The van der Waals surface area contributed by atoms with Gasteiger partial charge in [0.2, 0.25) is 5.89 Å². The molecule has 1 heterocycles. The average Bonchev–Trinajstić information content (AvgIpc) is 2.85. The monoisotopic (exact) mass is 406 g/mol. The molecule has 4 nitrogen and oxygen atoms in total. The van der Waals surface area contributed by atoms with Gasteiger partial charge in [-0.2, -0.15) is 11.8 Å². The number of halogens is 1. The predicted molar refractivity (Wildman–Crippen MR) is 85.7 cm³/mol. The first-order valence-electron chi connectivity index (χ1n) is 5.42. The van der Waals surface area contributed by atoms with E-state index in [0.29, 0.717) is 28.2 Å². The number of hydrogen-bond acceptors (Lipinski definition) is 6. The van der Waals surface area contributed by atoms with Gasteiger partial charge in [0.15, 0.2) is 5.78 Å². The highest BCUT2D eigenvalue weighted by Gasteiger charge is 2.11. The largest absolute Gasteiger partial charge is 0.415 e. The lowest BCUT2D eigenvalue weighted by Gasteiger charge is -1.98. The van der Waals surface area contributed by atoms with Crippen LogP contribution in [0.5, 0.6) is 0 Å². The molecule has 0 saturated carbocycles. The first kappa shape index (κ1) is 14.9. The standard InChI is InChI=1S/C12H11IN2O2S2/c1-18-7-11-14-15-12(17-11)19-6-10(16)8-2-4-9(13)5-3-8/h2-5H,6-7H2,1H3. The maximum Gasteiger partial charge on any atom is 0.277 e. The Morgan fingerprint density at radius 2 is 2.05 bits per heavy atom. The van der Waals surface area contributed by atoms with E-state index in [0.717, 1.165) is 3.57 Å². The second-order valence-corrected chi connectivity index (χ2v) is 6.65. The highest BCUT2D eigenvalue weighted by Crippen LogP contribution is 2.19. The molecule has 2 aromatic rings. The predicted octanol–water partition coefficient (Wildman–Crippen LogP) is 3.51. The molecule has 19 heavy (non-hydrogen) atoms. The number of thioether (sulfide) groups is 2. The van der Waals surface area contributed by atoms with Gasteiger partial charge in [-0.15, -0.1) is 10.2 Å². The van der Waals surface area contributed by atoms with Crippen molar-refractivity contribution in [3.63, 3.8) is 0 Å². The second-order valence-electron chi connectivity index (χ2n) is 3.61. The van der Waals surface area contributed by atoms with Crippen LogP contribution >= 0.6 is 46.1 Å². The Labute approximate surface area is 133 Å². The number of benzene rings is 1. The summed E-state index contributed by atoms with van der Waals surface area (Å²) in [5.74, 6) is 1.66. The molecule has 2 rings (SSSR count). The fourth-order valence-electron chi connectivity index (χ4n) is 1.32.